The van der Waals surface area contributed by atoms with Gasteiger partial charge in [-0.3, -0.25) is 4.79 Å². The zero-order valence-corrected chi connectivity index (χ0v) is 18.9. The molecule has 3 aliphatic rings. The quantitative estimate of drug-likeness (QED) is 0.529. The fourth-order valence-corrected chi connectivity index (χ4v) is 4.65. The molecule has 2 aromatic heterocycles. The lowest BCUT2D eigenvalue weighted by molar-refractivity contribution is 0.0681. The van der Waals surface area contributed by atoms with Crippen molar-refractivity contribution < 1.29 is 14.1 Å². The summed E-state index contributed by atoms with van der Waals surface area (Å²) < 4.78 is 11.1. The van der Waals surface area contributed by atoms with Crippen molar-refractivity contribution in [1.29, 1.82) is 0 Å². The first-order valence-electron chi connectivity index (χ1n) is 11.6. The Morgan fingerprint density at radius 2 is 1.85 bits per heavy atom. The van der Waals surface area contributed by atoms with Crippen molar-refractivity contribution >= 4 is 23.5 Å². The molecule has 11 nitrogen and oxygen atoms in total. The zero-order chi connectivity index (χ0) is 23.2. The van der Waals surface area contributed by atoms with Crippen molar-refractivity contribution in [3.8, 4) is 11.6 Å². The maximum absolute atomic E-state index is 12.9. The van der Waals surface area contributed by atoms with Gasteiger partial charge in [0, 0.05) is 32.4 Å². The Labute approximate surface area is 196 Å². The number of hydrogen-bond donors (Lipinski definition) is 1. The molecule has 0 radical (unpaired) electrons. The number of ether oxygens (including phenoxy) is 1. The molecule has 6 rings (SSSR count). The summed E-state index contributed by atoms with van der Waals surface area (Å²) in [5, 5.41) is 3.92. The highest BCUT2D eigenvalue weighted by Gasteiger charge is 2.57. The average molecular weight is 463 g/mol. The normalized spacial score (nSPS) is 23.1. The molecule has 1 aromatic carbocycles. The number of rotatable bonds is 8. The van der Waals surface area contributed by atoms with Crippen LogP contribution in [0.3, 0.4) is 0 Å². The van der Waals surface area contributed by atoms with Gasteiger partial charge in [0.15, 0.2) is 0 Å². The second kappa shape index (κ2) is 8.32. The van der Waals surface area contributed by atoms with Crippen LogP contribution in [0.1, 0.15) is 23.5 Å². The van der Waals surface area contributed by atoms with Crippen LogP contribution in [0.4, 0.5) is 17.6 Å². The monoisotopic (exact) mass is 462 g/mol. The summed E-state index contributed by atoms with van der Waals surface area (Å²) in [5.74, 6) is 2.60. The number of carbonyl (C=O) groups is 1. The van der Waals surface area contributed by atoms with E-state index in [2.05, 4.69) is 25.1 Å². The van der Waals surface area contributed by atoms with E-state index in [0.29, 0.717) is 36.8 Å². The van der Waals surface area contributed by atoms with Crippen LogP contribution < -0.4 is 10.6 Å². The predicted molar refractivity (Wildman–Crippen MR) is 122 cm³/mol. The summed E-state index contributed by atoms with van der Waals surface area (Å²) in [6.07, 6.45) is 2.60. The molecule has 2 saturated carbocycles. The molecule has 3 heterocycles. The SMILES string of the molecule is CN(c1ccccc1)c1nc(N)nc(-c2noc(C(=O)N3C[C@@H]4C(COCC5CC5)[C@@H]4C3)n2)n1. The zero-order valence-electron chi connectivity index (χ0n) is 18.9. The van der Waals surface area contributed by atoms with Crippen LogP contribution >= 0.6 is 0 Å². The highest BCUT2D eigenvalue weighted by molar-refractivity contribution is 5.90. The van der Waals surface area contributed by atoms with Gasteiger partial charge < -0.3 is 24.8 Å². The van der Waals surface area contributed by atoms with Crippen LogP contribution in [-0.4, -0.2) is 69.3 Å². The Morgan fingerprint density at radius 1 is 1.09 bits per heavy atom. The number of anilines is 3. The van der Waals surface area contributed by atoms with Crippen molar-refractivity contribution in [2.45, 2.75) is 12.8 Å². The number of fused-ring (bicyclic) bond motifs is 1. The molecule has 0 spiro atoms. The minimum Gasteiger partial charge on any atom is -0.381 e. The maximum Gasteiger partial charge on any atom is 0.316 e. The minimum absolute atomic E-state index is 0.0232. The Bertz CT molecular complexity index is 1190. The van der Waals surface area contributed by atoms with Crippen molar-refractivity contribution in [2.24, 2.45) is 23.7 Å². The van der Waals surface area contributed by atoms with Gasteiger partial charge in [0.25, 0.3) is 0 Å². The minimum atomic E-state index is -0.271. The summed E-state index contributed by atoms with van der Waals surface area (Å²) in [6.45, 7) is 3.08. The third kappa shape index (κ3) is 4.07. The highest BCUT2D eigenvalue weighted by atomic mass is 16.5. The predicted octanol–water partition coefficient (Wildman–Crippen LogP) is 2.02. The summed E-state index contributed by atoms with van der Waals surface area (Å²) in [5.41, 5.74) is 6.79. The topological polar surface area (TPSA) is 136 Å². The lowest BCUT2D eigenvalue weighted by atomic mass is 10.2. The number of nitrogen functional groups attached to an aromatic ring is 1. The Morgan fingerprint density at radius 3 is 2.59 bits per heavy atom. The Kier molecular flexibility index (Phi) is 5.13. The molecule has 3 atom stereocenters. The lowest BCUT2D eigenvalue weighted by Crippen LogP contribution is -2.32. The van der Waals surface area contributed by atoms with Crippen molar-refractivity contribution in [3.63, 3.8) is 0 Å². The molecule has 11 heteroatoms. The van der Waals surface area contributed by atoms with E-state index >= 15 is 0 Å². The molecule has 1 amide bonds. The molecular formula is C23H26N8O3. The number of nitrogens with two attached hydrogens (primary N) is 1. The second-order valence-electron chi connectivity index (χ2n) is 9.32. The van der Waals surface area contributed by atoms with Gasteiger partial charge in [-0.05, 0) is 48.6 Å². The van der Waals surface area contributed by atoms with Crippen molar-refractivity contribution in [1.82, 2.24) is 30.0 Å². The standard InChI is InChI=1S/C23H26N8O3/c1-30(14-5-3-2-4-6-14)23-27-18(26-22(24)28-23)19-25-20(34-29-19)21(32)31-9-15-16(10-31)17(15)12-33-11-13-7-8-13/h2-6,13,15-17H,7-12H2,1H3,(H2,24,26,27,28)/t15-,16+,17?. The molecule has 2 aliphatic carbocycles. The van der Waals surface area contributed by atoms with Gasteiger partial charge in [-0.25, -0.2) is 0 Å². The fourth-order valence-electron chi connectivity index (χ4n) is 4.65. The van der Waals surface area contributed by atoms with Gasteiger partial charge in [0.1, 0.15) is 0 Å². The molecule has 176 valence electrons. The first kappa shape index (κ1) is 21.0. The Balaban J connectivity index is 1.11. The van der Waals surface area contributed by atoms with E-state index in [1.54, 1.807) is 9.80 Å². The van der Waals surface area contributed by atoms with E-state index in [-0.39, 0.29) is 29.4 Å². The van der Waals surface area contributed by atoms with Gasteiger partial charge >= 0.3 is 11.8 Å². The van der Waals surface area contributed by atoms with E-state index in [0.717, 1.165) is 24.8 Å². The van der Waals surface area contributed by atoms with Gasteiger partial charge in [-0.1, -0.05) is 23.4 Å². The summed E-state index contributed by atoms with van der Waals surface area (Å²) in [4.78, 5) is 33.5. The van der Waals surface area contributed by atoms with Crippen LogP contribution in [0.25, 0.3) is 11.6 Å². The van der Waals surface area contributed by atoms with Crippen LogP contribution in [-0.2, 0) is 4.74 Å². The fraction of sp³-hybridized carbons (Fsp3) is 0.478. The average Bonchev–Trinajstić information content (AvgIpc) is 3.66. The largest absolute Gasteiger partial charge is 0.381 e. The third-order valence-electron chi connectivity index (χ3n) is 6.91. The van der Waals surface area contributed by atoms with E-state index in [4.69, 9.17) is 15.0 Å². The number of nitrogens with zero attached hydrogens (tertiary/aromatic N) is 7. The number of para-hydroxylation sites is 1. The van der Waals surface area contributed by atoms with Crippen LogP contribution in [0.15, 0.2) is 34.9 Å². The number of carbonyl (C=O) groups excluding carboxylic acids is 1. The molecule has 2 N–H and O–H groups in total. The first-order chi connectivity index (χ1) is 16.6. The van der Waals surface area contributed by atoms with Gasteiger partial charge in [0.05, 0.1) is 6.61 Å². The van der Waals surface area contributed by atoms with E-state index in [9.17, 15) is 4.79 Å². The van der Waals surface area contributed by atoms with Gasteiger partial charge in [0.2, 0.25) is 23.5 Å². The number of likely N-dealkylation sites (tertiary alicyclic amines) is 1. The first-order valence-corrected chi connectivity index (χ1v) is 11.6. The molecule has 0 bridgehead atoms. The molecule has 34 heavy (non-hydrogen) atoms. The summed E-state index contributed by atoms with van der Waals surface area (Å²) in [6, 6.07) is 9.61. The van der Waals surface area contributed by atoms with Crippen LogP contribution in [0.5, 0.6) is 0 Å². The third-order valence-corrected chi connectivity index (χ3v) is 6.91. The number of hydrogen-bond acceptors (Lipinski definition) is 10. The number of piperidine rings is 1. The van der Waals surface area contributed by atoms with E-state index in [1.807, 2.05) is 37.4 Å². The number of amides is 1. The molecule has 3 aromatic rings. The second-order valence-corrected chi connectivity index (χ2v) is 9.32. The maximum atomic E-state index is 12.9. The van der Waals surface area contributed by atoms with Gasteiger partial charge in [-0.15, -0.1) is 0 Å². The smallest absolute Gasteiger partial charge is 0.316 e. The highest BCUT2D eigenvalue weighted by Crippen LogP contribution is 2.52. The number of aromatic nitrogens is 5. The summed E-state index contributed by atoms with van der Waals surface area (Å²) >= 11 is 0. The summed E-state index contributed by atoms with van der Waals surface area (Å²) in [7, 11) is 1.82. The Hall–Kier alpha value is -3.60. The van der Waals surface area contributed by atoms with Crippen LogP contribution in [0.2, 0.25) is 0 Å². The molecule has 1 saturated heterocycles. The van der Waals surface area contributed by atoms with Crippen LogP contribution in [0, 0.1) is 23.7 Å². The number of benzene rings is 1. The lowest BCUT2D eigenvalue weighted by Gasteiger charge is -2.17. The van der Waals surface area contributed by atoms with Crippen molar-refractivity contribution in [3.05, 3.63) is 36.2 Å². The van der Waals surface area contributed by atoms with E-state index in [1.165, 1.54) is 12.8 Å². The molecule has 1 aliphatic heterocycles. The van der Waals surface area contributed by atoms with Crippen molar-refractivity contribution in [2.75, 3.05) is 44.0 Å². The molecule has 3 fully saturated rings. The molecule has 1 unspecified atom stereocenters. The van der Waals surface area contributed by atoms with Gasteiger partial charge in [-0.2, -0.15) is 19.9 Å². The van der Waals surface area contributed by atoms with E-state index < -0.39 is 0 Å². The molecular weight excluding hydrogens is 436 g/mol.